The van der Waals surface area contributed by atoms with Gasteiger partial charge in [-0.3, -0.25) is 9.59 Å². The summed E-state index contributed by atoms with van der Waals surface area (Å²) in [7, 11) is 1.74. The third-order valence-electron chi connectivity index (χ3n) is 2.63. The third kappa shape index (κ3) is 4.30. The van der Waals surface area contributed by atoms with Crippen LogP contribution in [0.15, 0.2) is 28.7 Å². The van der Waals surface area contributed by atoms with E-state index in [4.69, 9.17) is 0 Å². The molecular formula is C13H16BrNO2. The van der Waals surface area contributed by atoms with Crippen molar-refractivity contribution in [3.8, 4) is 0 Å². The van der Waals surface area contributed by atoms with Gasteiger partial charge in [-0.1, -0.05) is 28.1 Å². The molecule has 0 aliphatic heterocycles. The van der Waals surface area contributed by atoms with Gasteiger partial charge < -0.3 is 4.90 Å². The summed E-state index contributed by atoms with van der Waals surface area (Å²) < 4.78 is 0.941. The van der Waals surface area contributed by atoms with E-state index < -0.39 is 0 Å². The number of rotatable bonds is 5. The first kappa shape index (κ1) is 13.9. The minimum atomic E-state index is 0.00959. The van der Waals surface area contributed by atoms with Crippen LogP contribution in [0.4, 0.5) is 0 Å². The van der Waals surface area contributed by atoms with Crippen LogP contribution in [0.1, 0.15) is 30.1 Å². The molecule has 0 fully saturated rings. The van der Waals surface area contributed by atoms with Crippen LogP contribution in [0.3, 0.4) is 0 Å². The highest BCUT2D eigenvalue weighted by molar-refractivity contribution is 9.10. The molecule has 0 radical (unpaired) electrons. The van der Waals surface area contributed by atoms with Crippen LogP contribution in [-0.4, -0.2) is 30.2 Å². The average Bonchev–Trinajstić information content (AvgIpc) is 2.35. The Bertz CT molecular complexity index is 400. The lowest BCUT2D eigenvalue weighted by Gasteiger charge is -2.13. The van der Waals surface area contributed by atoms with Crippen molar-refractivity contribution < 1.29 is 9.59 Å². The van der Waals surface area contributed by atoms with Crippen molar-refractivity contribution in [1.29, 1.82) is 0 Å². The maximum absolute atomic E-state index is 11.8. The van der Waals surface area contributed by atoms with Crippen LogP contribution < -0.4 is 0 Å². The smallest absolute Gasteiger partial charge is 0.222 e. The van der Waals surface area contributed by atoms with E-state index in [0.29, 0.717) is 12.1 Å². The monoisotopic (exact) mass is 297 g/mol. The molecule has 1 rings (SSSR count). The molecule has 0 aliphatic rings. The number of Topliss-reactive ketones (excluding diaryl/α,β-unsaturated/α-hetero) is 1. The molecule has 0 spiro atoms. The van der Waals surface area contributed by atoms with Gasteiger partial charge in [0.05, 0.1) is 0 Å². The molecule has 0 atom stereocenters. The maximum atomic E-state index is 11.8. The second kappa shape index (κ2) is 6.55. The zero-order valence-corrected chi connectivity index (χ0v) is 11.7. The van der Waals surface area contributed by atoms with Crippen LogP contribution in [0, 0.1) is 0 Å². The van der Waals surface area contributed by atoms with Gasteiger partial charge in [0.15, 0.2) is 5.78 Å². The molecule has 0 saturated carbocycles. The van der Waals surface area contributed by atoms with Gasteiger partial charge in [-0.15, -0.1) is 0 Å². The molecule has 0 aliphatic carbocycles. The van der Waals surface area contributed by atoms with Crippen molar-refractivity contribution in [1.82, 2.24) is 4.90 Å². The van der Waals surface area contributed by atoms with Crippen LogP contribution in [-0.2, 0) is 4.79 Å². The zero-order valence-electron chi connectivity index (χ0n) is 10.1. The summed E-state index contributed by atoms with van der Waals surface area (Å²) in [4.78, 5) is 24.9. The molecule has 0 bridgehead atoms. The molecule has 0 N–H and O–H groups in total. The van der Waals surface area contributed by atoms with Gasteiger partial charge in [0.1, 0.15) is 0 Å². The average molecular weight is 298 g/mol. The minimum absolute atomic E-state index is 0.00959. The lowest BCUT2D eigenvalue weighted by atomic mass is 10.1. The molecular weight excluding hydrogens is 282 g/mol. The largest absolute Gasteiger partial charge is 0.346 e. The third-order valence-corrected chi connectivity index (χ3v) is 3.16. The van der Waals surface area contributed by atoms with Gasteiger partial charge in [0, 0.05) is 36.5 Å². The van der Waals surface area contributed by atoms with Crippen molar-refractivity contribution in [3.63, 3.8) is 0 Å². The molecule has 0 unspecified atom stereocenters. The Kier molecular flexibility index (Phi) is 5.35. The summed E-state index contributed by atoms with van der Waals surface area (Å²) in [5.74, 6) is 0.0216. The molecule has 1 amide bonds. The van der Waals surface area contributed by atoms with E-state index in [1.54, 1.807) is 24.1 Å². The highest BCUT2D eigenvalue weighted by Gasteiger charge is 2.11. The van der Waals surface area contributed by atoms with Gasteiger partial charge >= 0.3 is 0 Å². The fourth-order valence-corrected chi connectivity index (χ4v) is 1.63. The first-order valence-electron chi connectivity index (χ1n) is 5.57. The summed E-state index contributed by atoms with van der Waals surface area (Å²) in [5.41, 5.74) is 0.653. The van der Waals surface area contributed by atoms with Gasteiger partial charge in [0.2, 0.25) is 5.91 Å². The lowest BCUT2D eigenvalue weighted by Crippen LogP contribution is -2.26. The van der Waals surface area contributed by atoms with Crippen molar-refractivity contribution in [3.05, 3.63) is 34.3 Å². The standard InChI is InChI=1S/C13H16BrNO2/c1-3-15(2)13(17)9-8-12(16)10-4-6-11(14)7-5-10/h4-7H,3,8-9H2,1-2H3. The normalized spacial score (nSPS) is 10.1. The van der Waals surface area contributed by atoms with Crippen molar-refractivity contribution >= 4 is 27.6 Å². The van der Waals surface area contributed by atoms with E-state index in [-0.39, 0.29) is 24.5 Å². The molecule has 1 aromatic rings. The van der Waals surface area contributed by atoms with Gasteiger partial charge in [0.25, 0.3) is 0 Å². The summed E-state index contributed by atoms with van der Waals surface area (Å²) in [6.07, 6.45) is 0.546. The Morgan fingerprint density at radius 3 is 2.29 bits per heavy atom. The maximum Gasteiger partial charge on any atom is 0.222 e. The number of hydrogen-bond donors (Lipinski definition) is 0. The zero-order chi connectivity index (χ0) is 12.8. The number of amides is 1. The molecule has 0 saturated heterocycles. The highest BCUT2D eigenvalue weighted by Crippen LogP contribution is 2.12. The Hall–Kier alpha value is -1.16. The van der Waals surface area contributed by atoms with Crippen molar-refractivity contribution in [2.75, 3.05) is 13.6 Å². The van der Waals surface area contributed by atoms with E-state index in [1.807, 2.05) is 19.1 Å². The number of carbonyl (C=O) groups excluding carboxylic acids is 2. The van der Waals surface area contributed by atoms with Gasteiger partial charge in [-0.25, -0.2) is 0 Å². The topological polar surface area (TPSA) is 37.4 Å². The number of ketones is 1. The first-order valence-corrected chi connectivity index (χ1v) is 6.36. The second-order valence-electron chi connectivity index (χ2n) is 3.84. The number of hydrogen-bond acceptors (Lipinski definition) is 2. The first-order chi connectivity index (χ1) is 8.04. The van der Waals surface area contributed by atoms with Crippen LogP contribution in [0.25, 0.3) is 0 Å². The number of carbonyl (C=O) groups is 2. The Morgan fingerprint density at radius 2 is 1.76 bits per heavy atom. The number of benzene rings is 1. The predicted octanol–water partition coefficient (Wildman–Crippen LogP) is 2.89. The molecule has 1 aromatic carbocycles. The SMILES string of the molecule is CCN(C)C(=O)CCC(=O)c1ccc(Br)cc1. The molecule has 92 valence electrons. The number of nitrogens with zero attached hydrogens (tertiary/aromatic N) is 1. The summed E-state index contributed by atoms with van der Waals surface area (Å²) in [6.45, 7) is 2.58. The summed E-state index contributed by atoms with van der Waals surface area (Å²) in [6, 6.07) is 7.18. The number of halogens is 1. The Labute approximate surface area is 110 Å². The van der Waals surface area contributed by atoms with E-state index in [1.165, 1.54) is 0 Å². The van der Waals surface area contributed by atoms with Crippen LogP contribution >= 0.6 is 15.9 Å². The lowest BCUT2D eigenvalue weighted by molar-refractivity contribution is -0.129. The summed E-state index contributed by atoms with van der Waals surface area (Å²) in [5, 5.41) is 0. The molecule has 0 heterocycles. The summed E-state index contributed by atoms with van der Waals surface area (Å²) >= 11 is 3.31. The van der Waals surface area contributed by atoms with Gasteiger partial charge in [-0.2, -0.15) is 0 Å². The van der Waals surface area contributed by atoms with Crippen molar-refractivity contribution in [2.24, 2.45) is 0 Å². The predicted molar refractivity (Wildman–Crippen MR) is 71.0 cm³/mol. The van der Waals surface area contributed by atoms with E-state index in [2.05, 4.69) is 15.9 Å². The highest BCUT2D eigenvalue weighted by atomic mass is 79.9. The minimum Gasteiger partial charge on any atom is -0.346 e. The fourth-order valence-electron chi connectivity index (χ4n) is 1.37. The van der Waals surface area contributed by atoms with Crippen LogP contribution in [0.2, 0.25) is 0 Å². The molecule has 17 heavy (non-hydrogen) atoms. The van der Waals surface area contributed by atoms with E-state index in [0.717, 1.165) is 4.47 Å². The Morgan fingerprint density at radius 1 is 1.18 bits per heavy atom. The van der Waals surface area contributed by atoms with E-state index >= 15 is 0 Å². The quantitative estimate of drug-likeness (QED) is 0.784. The Balaban J connectivity index is 2.50. The van der Waals surface area contributed by atoms with Crippen LogP contribution in [0.5, 0.6) is 0 Å². The fraction of sp³-hybridized carbons (Fsp3) is 0.385. The van der Waals surface area contributed by atoms with Crippen molar-refractivity contribution in [2.45, 2.75) is 19.8 Å². The molecule has 3 nitrogen and oxygen atoms in total. The van der Waals surface area contributed by atoms with E-state index in [9.17, 15) is 9.59 Å². The second-order valence-corrected chi connectivity index (χ2v) is 4.75. The molecule has 0 aromatic heterocycles. The van der Waals surface area contributed by atoms with Gasteiger partial charge in [-0.05, 0) is 19.1 Å². The molecule has 4 heteroatoms.